The van der Waals surface area contributed by atoms with Crippen molar-refractivity contribution in [3.63, 3.8) is 0 Å². The number of carbonyl (C=O) groups excluding carboxylic acids is 1. The number of ketones is 1. The van der Waals surface area contributed by atoms with E-state index in [9.17, 15) is 9.90 Å². The number of hydrogen-bond acceptors (Lipinski definition) is 4. The van der Waals surface area contributed by atoms with Gasteiger partial charge in [-0.25, -0.2) is 0 Å². The van der Waals surface area contributed by atoms with Gasteiger partial charge in [0.05, 0.1) is 25.6 Å². The molecule has 2 heterocycles. The van der Waals surface area contributed by atoms with E-state index >= 15 is 0 Å². The summed E-state index contributed by atoms with van der Waals surface area (Å²) in [5.74, 6) is 0.788. The maximum absolute atomic E-state index is 14.2. The lowest BCUT2D eigenvalue weighted by atomic mass is 9.43. The van der Waals surface area contributed by atoms with Crippen molar-refractivity contribution in [2.75, 3.05) is 26.7 Å². The first kappa shape index (κ1) is 23.7. The van der Waals surface area contributed by atoms with Gasteiger partial charge in [-0.1, -0.05) is 56.3 Å². The van der Waals surface area contributed by atoms with Crippen molar-refractivity contribution in [1.29, 1.82) is 0 Å². The van der Waals surface area contributed by atoms with Crippen molar-refractivity contribution in [2.45, 2.75) is 74.5 Å². The SMILES string of the molecule is C=CC[N@@+]1(C)CC[C@]23c4c5ccc(O)c4OC2(Cc2ccccc2)C(=O)CC[C@@]3(OCCCC)C1C5. The summed E-state index contributed by atoms with van der Waals surface area (Å²) >= 11 is 0. The zero-order valence-electron chi connectivity index (χ0n) is 21.6. The molecule has 2 bridgehead atoms. The minimum atomic E-state index is -1.09. The van der Waals surface area contributed by atoms with Crippen molar-refractivity contribution < 1.29 is 23.9 Å². The molecule has 1 N–H and O–H groups in total. The van der Waals surface area contributed by atoms with Crippen LogP contribution in [0.2, 0.25) is 0 Å². The molecule has 5 atom stereocenters. The highest BCUT2D eigenvalue weighted by molar-refractivity contribution is 5.94. The maximum atomic E-state index is 14.2. The molecule has 2 aliphatic carbocycles. The number of rotatable bonds is 8. The fourth-order valence-corrected chi connectivity index (χ4v) is 8.42. The first-order valence-electron chi connectivity index (χ1n) is 13.6. The second kappa shape index (κ2) is 8.19. The monoisotopic (exact) mass is 488 g/mol. The molecule has 1 saturated heterocycles. The summed E-state index contributed by atoms with van der Waals surface area (Å²) in [5.41, 5.74) is 1.04. The lowest BCUT2D eigenvalue weighted by Gasteiger charge is -2.68. The van der Waals surface area contributed by atoms with Crippen molar-refractivity contribution in [3.05, 3.63) is 71.8 Å². The van der Waals surface area contributed by atoms with E-state index < -0.39 is 16.6 Å². The Balaban J connectivity index is 1.65. The Bertz CT molecular complexity index is 1210. The smallest absolute Gasteiger partial charge is 0.184 e. The van der Waals surface area contributed by atoms with Crippen LogP contribution in [0.3, 0.4) is 0 Å². The molecule has 0 amide bonds. The number of quaternary nitrogens is 1. The zero-order valence-corrected chi connectivity index (χ0v) is 21.6. The summed E-state index contributed by atoms with van der Waals surface area (Å²) in [6.07, 6.45) is 7.30. The quantitative estimate of drug-likeness (QED) is 0.327. The van der Waals surface area contributed by atoms with E-state index in [0.717, 1.165) is 54.4 Å². The second-order valence-corrected chi connectivity index (χ2v) is 11.6. The average Bonchev–Trinajstić information content (AvgIpc) is 3.18. The van der Waals surface area contributed by atoms with Gasteiger partial charge in [-0.3, -0.25) is 4.79 Å². The van der Waals surface area contributed by atoms with Crippen molar-refractivity contribution in [2.24, 2.45) is 0 Å². The van der Waals surface area contributed by atoms with Crippen molar-refractivity contribution in [3.8, 4) is 11.5 Å². The topological polar surface area (TPSA) is 55.8 Å². The third kappa shape index (κ3) is 2.82. The molecule has 6 rings (SSSR count). The van der Waals surface area contributed by atoms with Gasteiger partial charge in [-0.2, -0.15) is 0 Å². The molecule has 190 valence electrons. The normalized spacial score (nSPS) is 35.7. The van der Waals surface area contributed by atoms with Crippen LogP contribution in [-0.2, 0) is 27.8 Å². The third-order valence-corrected chi connectivity index (χ3v) is 9.91. The molecule has 2 aromatic carbocycles. The fraction of sp³-hybridized carbons (Fsp3) is 0.516. The molecule has 4 aliphatic rings. The van der Waals surface area contributed by atoms with Gasteiger partial charge < -0.3 is 19.1 Å². The number of piperidine rings is 1. The highest BCUT2D eigenvalue weighted by atomic mass is 16.5. The van der Waals surface area contributed by atoms with Crippen LogP contribution in [-0.4, -0.2) is 59.4 Å². The number of phenolic OH excluding ortho intramolecular Hbond substituents is 1. The predicted molar refractivity (Wildman–Crippen MR) is 139 cm³/mol. The van der Waals surface area contributed by atoms with Crippen LogP contribution in [0.5, 0.6) is 11.5 Å². The Morgan fingerprint density at radius 1 is 1.22 bits per heavy atom. The lowest BCUT2D eigenvalue weighted by Crippen LogP contribution is -2.84. The van der Waals surface area contributed by atoms with Gasteiger partial charge in [-0.05, 0) is 36.1 Å². The van der Waals surface area contributed by atoms with E-state index in [0.29, 0.717) is 31.6 Å². The number of unbranched alkanes of at least 4 members (excludes halogenated alkanes) is 1. The molecule has 0 radical (unpaired) electrons. The molecule has 5 nitrogen and oxygen atoms in total. The number of phenols is 1. The van der Waals surface area contributed by atoms with Gasteiger partial charge in [-0.15, -0.1) is 0 Å². The Morgan fingerprint density at radius 2 is 2.03 bits per heavy atom. The molecule has 5 heteroatoms. The van der Waals surface area contributed by atoms with E-state index in [-0.39, 0.29) is 17.6 Å². The minimum absolute atomic E-state index is 0.132. The van der Waals surface area contributed by atoms with Gasteiger partial charge in [0.15, 0.2) is 22.9 Å². The van der Waals surface area contributed by atoms with Gasteiger partial charge in [0, 0.05) is 37.9 Å². The summed E-state index contributed by atoms with van der Waals surface area (Å²) in [5, 5.41) is 11.1. The van der Waals surface area contributed by atoms with Crippen LogP contribution in [0.4, 0.5) is 0 Å². The second-order valence-electron chi connectivity index (χ2n) is 11.6. The van der Waals surface area contributed by atoms with Gasteiger partial charge in [0.25, 0.3) is 0 Å². The van der Waals surface area contributed by atoms with Crippen LogP contribution in [0, 0.1) is 0 Å². The highest BCUT2D eigenvalue weighted by Gasteiger charge is 2.82. The summed E-state index contributed by atoms with van der Waals surface area (Å²) in [6.45, 7) is 8.73. The number of likely N-dealkylation sites (N-methyl/N-ethyl adjacent to an activating group) is 1. The number of likely N-dealkylation sites (tertiary alicyclic amines) is 1. The van der Waals surface area contributed by atoms with E-state index in [2.05, 4.69) is 38.7 Å². The summed E-state index contributed by atoms with van der Waals surface area (Å²) < 4.78 is 14.9. The Labute approximate surface area is 214 Å². The molecule has 2 aliphatic heterocycles. The van der Waals surface area contributed by atoms with Crippen LogP contribution >= 0.6 is 0 Å². The van der Waals surface area contributed by atoms with Crippen LogP contribution in [0.1, 0.15) is 55.7 Å². The number of carbonyl (C=O) groups is 1. The van der Waals surface area contributed by atoms with Crippen LogP contribution < -0.4 is 4.74 Å². The van der Waals surface area contributed by atoms with E-state index in [1.807, 2.05) is 24.3 Å². The largest absolute Gasteiger partial charge is 0.504 e. The molecular weight excluding hydrogens is 450 g/mol. The van der Waals surface area contributed by atoms with E-state index in [1.165, 1.54) is 5.56 Å². The lowest BCUT2D eigenvalue weighted by molar-refractivity contribution is -0.944. The molecule has 36 heavy (non-hydrogen) atoms. The molecule has 1 saturated carbocycles. The molecule has 0 aromatic heterocycles. The fourth-order valence-electron chi connectivity index (χ4n) is 8.42. The number of benzene rings is 2. The third-order valence-electron chi connectivity index (χ3n) is 9.91. The summed E-state index contributed by atoms with van der Waals surface area (Å²) in [7, 11) is 2.33. The van der Waals surface area contributed by atoms with Gasteiger partial charge >= 0.3 is 0 Å². The molecule has 2 unspecified atom stereocenters. The Hall–Kier alpha value is -2.63. The summed E-state index contributed by atoms with van der Waals surface area (Å²) in [6, 6.07) is 14.2. The number of ether oxygens (including phenoxy) is 2. The Kier molecular flexibility index (Phi) is 5.40. The standard InChI is InChI=1S/C31H37NO4/c1-4-6-19-35-30-15-14-26(34)31(21-22-10-8-7-9-11-22)29(30)16-18-32(3,17-5-2)25(30)20-23-12-13-24(33)28(36-31)27(23)29/h5,7-13,25H,2,4,6,14-21H2,1,3H3/p+1/t25?,29-,30-,31?,32+/m1/s1. The van der Waals surface area contributed by atoms with Gasteiger partial charge in [0.1, 0.15) is 11.6 Å². The van der Waals surface area contributed by atoms with E-state index in [4.69, 9.17) is 9.47 Å². The van der Waals surface area contributed by atoms with Crippen molar-refractivity contribution >= 4 is 5.78 Å². The Morgan fingerprint density at radius 3 is 2.78 bits per heavy atom. The van der Waals surface area contributed by atoms with Crippen molar-refractivity contribution in [1.82, 2.24) is 0 Å². The molecule has 2 aromatic rings. The van der Waals surface area contributed by atoms with Crippen LogP contribution in [0.15, 0.2) is 55.1 Å². The zero-order chi connectivity index (χ0) is 25.2. The first-order chi connectivity index (χ1) is 17.4. The average molecular weight is 489 g/mol. The number of Topliss-reactive ketones (excluding diaryl/α,β-unsaturated/α-hetero) is 1. The highest BCUT2D eigenvalue weighted by Crippen LogP contribution is 2.70. The first-order valence-corrected chi connectivity index (χ1v) is 13.6. The predicted octanol–water partition coefficient (Wildman–Crippen LogP) is 4.88. The minimum Gasteiger partial charge on any atom is -0.504 e. The summed E-state index contributed by atoms with van der Waals surface area (Å²) in [4.78, 5) is 14.2. The molecule has 2 fully saturated rings. The number of hydrogen-bond donors (Lipinski definition) is 1. The van der Waals surface area contributed by atoms with E-state index in [1.54, 1.807) is 6.07 Å². The number of nitrogens with zero attached hydrogens (tertiary/aromatic N) is 1. The molecule has 1 spiro atoms. The number of aromatic hydroxyl groups is 1. The van der Waals surface area contributed by atoms with Crippen LogP contribution in [0.25, 0.3) is 0 Å². The maximum Gasteiger partial charge on any atom is 0.184 e. The van der Waals surface area contributed by atoms with Gasteiger partial charge in [0.2, 0.25) is 0 Å². The molecular formula is C31H38NO4+.